The topological polar surface area (TPSA) is 130 Å². The standard InChI is InChI=1S/C14H11Cl2FN4O4/c15-7-1-2-8(17)11(16)6(7)3-4-24-10-5-9(20-21-12(10)18)13(22)25-14(19)23/h1-2,5H,3-4H2,(H2,18,21)(H2,19,23). The number of benzene rings is 1. The monoisotopic (exact) mass is 388 g/mol. The number of hydrogen-bond donors (Lipinski definition) is 2. The van der Waals surface area contributed by atoms with Gasteiger partial charge in [0.2, 0.25) is 0 Å². The van der Waals surface area contributed by atoms with Gasteiger partial charge in [-0.25, -0.2) is 14.0 Å². The van der Waals surface area contributed by atoms with Crippen molar-refractivity contribution in [2.75, 3.05) is 12.3 Å². The average molecular weight is 389 g/mol. The minimum absolute atomic E-state index is 0.00307. The summed E-state index contributed by atoms with van der Waals surface area (Å²) in [7, 11) is 0. The molecule has 1 aromatic carbocycles. The van der Waals surface area contributed by atoms with Crippen LogP contribution in [0.4, 0.5) is 15.0 Å². The van der Waals surface area contributed by atoms with Crippen molar-refractivity contribution >= 4 is 41.1 Å². The fraction of sp³-hybridized carbons (Fsp3) is 0.143. The van der Waals surface area contributed by atoms with Crippen LogP contribution in [0, 0.1) is 5.82 Å². The minimum Gasteiger partial charge on any atom is -0.489 e. The molecule has 0 bridgehead atoms. The number of carbonyl (C=O) groups is 2. The summed E-state index contributed by atoms with van der Waals surface area (Å²) in [5, 5.41) is 7.16. The highest BCUT2D eigenvalue weighted by Crippen LogP contribution is 2.28. The lowest BCUT2D eigenvalue weighted by molar-refractivity contribution is 0.0630. The van der Waals surface area contributed by atoms with Gasteiger partial charge in [0, 0.05) is 17.5 Å². The van der Waals surface area contributed by atoms with Gasteiger partial charge in [-0.3, -0.25) is 0 Å². The number of rotatable bonds is 5. The van der Waals surface area contributed by atoms with E-state index in [2.05, 4.69) is 14.9 Å². The summed E-state index contributed by atoms with van der Waals surface area (Å²) in [5.74, 6) is -1.81. The van der Waals surface area contributed by atoms with E-state index in [1.807, 2.05) is 0 Å². The molecule has 0 fully saturated rings. The molecular weight excluding hydrogens is 378 g/mol. The van der Waals surface area contributed by atoms with Gasteiger partial charge in [-0.2, -0.15) is 0 Å². The highest BCUT2D eigenvalue weighted by molar-refractivity contribution is 6.36. The number of nitrogens with zero attached hydrogens (tertiary/aromatic N) is 2. The van der Waals surface area contributed by atoms with E-state index in [9.17, 15) is 14.0 Å². The fourth-order valence-corrected chi connectivity index (χ4v) is 2.36. The summed E-state index contributed by atoms with van der Waals surface area (Å²) in [6, 6.07) is 3.65. The third kappa shape index (κ3) is 4.68. The zero-order valence-corrected chi connectivity index (χ0v) is 14.0. The first-order chi connectivity index (χ1) is 11.8. The van der Waals surface area contributed by atoms with Crippen molar-refractivity contribution in [2.24, 2.45) is 5.73 Å². The van der Waals surface area contributed by atoms with Crippen LogP contribution in [0.1, 0.15) is 16.1 Å². The number of hydrogen-bond acceptors (Lipinski definition) is 7. The van der Waals surface area contributed by atoms with E-state index < -0.39 is 17.9 Å². The number of esters is 1. The van der Waals surface area contributed by atoms with Crippen LogP contribution in [0.15, 0.2) is 18.2 Å². The fourth-order valence-electron chi connectivity index (χ4n) is 1.80. The quantitative estimate of drug-likeness (QED) is 0.456. The van der Waals surface area contributed by atoms with Gasteiger partial charge in [0.05, 0.1) is 11.6 Å². The molecule has 0 aliphatic heterocycles. The molecule has 1 aromatic heterocycles. The molecule has 0 spiro atoms. The molecular formula is C14H11Cl2FN4O4. The number of primary amides is 1. The van der Waals surface area contributed by atoms with E-state index in [1.165, 1.54) is 6.07 Å². The number of anilines is 1. The van der Waals surface area contributed by atoms with E-state index in [4.69, 9.17) is 39.4 Å². The molecule has 2 rings (SSSR count). The zero-order valence-electron chi connectivity index (χ0n) is 12.5. The molecule has 4 N–H and O–H groups in total. The van der Waals surface area contributed by atoms with E-state index in [1.54, 1.807) is 0 Å². The lowest BCUT2D eigenvalue weighted by atomic mass is 10.1. The maximum atomic E-state index is 13.5. The second-order valence-electron chi connectivity index (χ2n) is 4.61. The molecule has 25 heavy (non-hydrogen) atoms. The number of aromatic nitrogens is 2. The minimum atomic E-state index is -1.29. The second kappa shape index (κ2) is 7.95. The molecule has 0 unspecified atom stereocenters. The van der Waals surface area contributed by atoms with Crippen LogP contribution >= 0.6 is 23.2 Å². The lowest BCUT2D eigenvalue weighted by Crippen LogP contribution is -2.20. The largest absolute Gasteiger partial charge is 0.489 e. The van der Waals surface area contributed by atoms with Crippen LogP contribution in [0.2, 0.25) is 10.0 Å². The van der Waals surface area contributed by atoms with Crippen LogP contribution in [-0.2, 0) is 11.2 Å². The van der Waals surface area contributed by atoms with Gasteiger partial charge in [0.15, 0.2) is 17.3 Å². The van der Waals surface area contributed by atoms with Crippen LogP contribution in [0.5, 0.6) is 5.75 Å². The predicted octanol–water partition coefficient (Wildman–Crippen LogP) is 2.36. The lowest BCUT2D eigenvalue weighted by Gasteiger charge is -2.11. The van der Waals surface area contributed by atoms with Gasteiger partial charge in [0.1, 0.15) is 5.82 Å². The smallest absolute Gasteiger partial charge is 0.412 e. The van der Waals surface area contributed by atoms with Crippen molar-refractivity contribution < 1.29 is 23.5 Å². The maximum Gasteiger partial charge on any atom is 0.412 e. The van der Waals surface area contributed by atoms with Crippen molar-refractivity contribution in [3.05, 3.63) is 45.3 Å². The van der Waals surface area contributed by atoms with Gasteiger partial charge in [-0.15, -0.1) is 10.2 Å². The van der Waals surface area contributed by atoms with Crippen molar-refractivity contribution in [1.82, 2.24) is 10.2 Å². The number of amides is 1. The van der Waals surface area contributed by atoms with Gasteiger partial charge < -0.3 is 20.9 Å². The van der Waals surface area contributed by atoms with Gasteiger partial charge in [0.25, 0.3) is 0 Å². The van der Waals surface area contributed by atoms with Crippen molar-refractivity contribution in [3.8, 4) is 5.75 Å². The van der Waals surface area contributed by atoms with Crippen LogP contribution in [0.25, 0.3) is 0 Å². The summed E-state index contributed by atoms with van der Waals surface area (Å²) < 4.78 is 23.0. The Morgan fingerprint density at radius 3 is 2.64 bits per heavy atom. The van der Waals surface area contributed by atoms with E-state index in [-0.39, 0.29) is 40.3 Å². The maximum absolute atomic E-state index is 13.5. The molecule has 1 heterocycles. The second-order valence-corrected chi connectivity index (χ2v) is 5.39. The van der Waals surface area contributed by atoms with Crippen LogP contribution in [-0.4, -0.2) is 28.9 Å². The molecule has 1 amide bonds. The Bertz CT molecular complexity index is 835. The first kappa shape index (κ1) is 18.7. The summed E-state index contributed by atoms with van der Waals surface area (Å²) in [6.45, 7) is 0.00307. The van der Waals surface area contributed by atoms with Gasteiger partial charge in [-0.1, -0.05) is 23.2 Å². The molecule has 11 heteroatoms. The SMILES string of the molecule is NC(=O)OC(=O)c1cc(OCCc2c(Cl)ccc(F)c2Cl)c(N)nn1. The molecule has 132 valence electrons. The number of ether oxygens (including phenoxy) is 2. The Kier molecular flexibility index (Phi) is 5.94. The molecule has 0 aliphatic rings. The first-order valence-corrected chi connectivity index (χ1v) is 7.45. The highest BCUT2D eigenvalue weighted by atomic mass is 35.5. The van der Waals surface area contributed by atoms with E-state index >= 15 is 0 Å². The third-order valence-corrected chi connectivity index (χ3v) is 3.70. The summed E-state index contributed by atoms with van der Waals surface area (Å²) in [5.41, 5.74) is 10.4. The Morgan fingerprint density at radius 2 is 1.96 bits per heavy atom. The molecule has 0 atom stereocenters. The normalized spacial score (nSPS) is 10.4. The van der Waals surface area contributed by atoms with Crippen LogP contribution in [0.3, 0.4) is 0 Å². The Labute approximate surface area is 150 Å². The first-order valence-electron chi connectivity index (χ1n) is 6.69. The molecule has 8 nitrogen and oxygen atoms in total. The van der Waals surface area contributed by atoms with E-state index in [0.29, 0.717) is 5.56 Å². The van der Waals surface area contributed by atoms with Crippen LogP contribution < -0.4 is 16.2 Å². The third-order valence-electron chi connectivity index (χ3n) is 2.94. The predicted molar refractivity (Wildman–Crippen MR) is 87.1 cm³/mol. The van der Waals surface area contributed by atoms with Crippen molar-refractivity contribution in [3.63, 3.8) is 0 Å². The molecule has 0 radical (unpaired) electrons. The highest BCUT2D eigenvalue weighted by Gasteiger charge is 2.17. The summed E-state index contributed by atoms with van der Waals surface area (Å²) >= 11 is 11.8. The van der Waals surface area contributed by atoms with Crippen molar-refractivity contribution in [2.45, 2.75) is 6.42 Å². The molecule has 0 saturated heterocycles. The Morgan fingerprint density at radius 1 is 1.24 bits per heavy atom. The van der Waals surface area contributed by atoms with Gasteiger partial charge in [-0.05, 0) is 17.7 Å². The molecule has 0 aliphatic carbocycles. The van der Waals surface area contributed by atoms with E-state index in [0.717, 1.165) is 12.1 Å². The number of carbonyl (C=O) groups excluding carboxylic acids is 2. The zero-order chi connectivity index (χ0) is 18.6. The summed E-state index contributed by atoms with van der Waals surface area (Å²) in [6.07, 6.45) is -1.13. The van der Waals surface area contributed by atoms with Crippen molar-refractivity contribution in [1.29, 1.82) is 0 Å². The Balaban J connectivity index is 2.10. The van der Waals surface area contributed by atoms with Gasteiger partial charge >= 0.3 is 12.1 Å². The molecule has 2 aromatic rings. The summed E-state index contributed by atoms with van der Waals surface area (Å²) in [4.78, 5) is 22.1. The molecule has 0 saturated carbocycles. The number of nitrogen functional groups attached to an aromatic ring is 1. The average Bonchev–Trinajstić information content (AvgIpc) is 2.55. The Hall–Kier alpha value is -2.65. The number of nitrogens with two attached hydrogens (primary N) is 2. The number of halogens is 3.